The average Bonchev–Trinajstić information content (AvgIpc) is 3.32. The summed E-state index contributed by atoms with van der Waals surface area (Å²) in [6, 6.07) is 12.7. The van der Waals surface area contributed by atoms with Gasteiger partial charge in [-0.15, -0.1) is 11.8 Å². The monoisotopic (exact) mass is 508 g/mol. The van der Waals surface area contributed by atoms with E-state index in [0.29, 0.717) is 22.3 Å². The highest BCUT2D eigenvalue weighted by atomic mass is 35.5. The van der Waals surface area contributed by atoms with Crippen LogP contribution in [0.3, 0.4) is 0 Å². The quantitative estimate of drug-likeness (QED) is 0.446. The van der Waals surface area contributed by atoms with Gasteiger partial charge in [-0.3, -0.25) is 9.59 Å². The first kappa shape index (κ1) is 25.7. The number of carbonyl (C=O) groups excluding carboxylic acids is 2. The predicted molar refractivity (Wildman–Crippen MR) is 136 cm³/mol. The molecule has 1 saturated carbocycles. The van der Waals surface area contributed by atoms with Gasteiger partial charge in [0.2, 0.25) is 11.8 Å². The van der Waals surface area contributed by atoms with Gasteiger partial charge in [-0.25, -0.2) is 0 Å². The average molecular weight is 509 g/mol. The van der Waals surface area contributed by atoms with Crippen LogP contribution < -0.4 is 10.1 Å². The Balaban J connectivity index is 1.66. The van der Waals surface area contributed by atoms with E-state index in [1.165, 1.54) is 11.8 Å². The summed E-state index contributed by atoms with van der Waals surface area (Å²) in [7, 11) is 1.62. The van der Waals surface area contributed by atoms with Crippen LogP contribution in [0.2, 0.25) is 10.0 Å². The predicted octanol–water partition coefficient (Wildman–Crippen LogP) is 5.71. The molecule has 0 heterocycles. The summed E-state index contributed by atoms with van der Waals surface area (Å²) in [4.78, 5) is 27.8. The lowest BCUT2D eigenvalue weighted by atomic mass is 10.1. The molecule has 1 atom stereocenters. The Morgan fingerprint density at radius 3 is 2.39 bits per heavy atom. The van der Waals surface area contributed by atoms with E-state index in [4.69, 9.17) is 27.9 Å². The van der Waals surface area contributed by atoms with Crippen LogP contribution in [0.5, 0.6) is 5.75 Å². The first-order valence-electron chi connectivity index (χ1n) is 11.1. The van der Waals surface area contributed by atoms with Crippen molar-refractivity contribution in [2.75, 3.05) is 12.9 Å². The molecule has 0 radical (unpaired) electrons. The zero-order valence-corrected chi connectivity index (χ0v) is 21.3. The summed E-state index contributed by atoms with van der Waals surface area (Å²) in [5.74, 6) is 1.46. The lowest BCUT2D eigenvalue weighted by molar-refractivity contribution is -0.138. The summed E-state index contributed by atoms with van der Waals surface area (Å²) >= 11 is 13.6. The van der Waals surface area contributed by atoms with Crippen LogP contribution in [0.1, 0.15) is 43.7 Å². The number of ether oxygens (including phenoxy) is 1. The molecule has 2 aromatic rings. The van der Waals surface area contributed by atoms with Gasteiger partial charge in [0.05, 0.1) is 22.9 Å². The third kappa shape index (κ3) is 7.56. The first-order valence-corrected chi connectivity index (χ1v) is 13.0. The Morgan fingerprint density at radius 2 is 1.76 bits per heavy atom. The van der Waals surface area contributed by atoms with Crippen molar-refractivity contribution in [2.24, 2.45) is 0 Å². The number of hydrogen-bond acceptors (Lipinski definition) is 4. The maximum Gasteiger partial charge on any atom is 0.242 e. The molecule has 1 N–H and O–H groups in total. The van der Waals surface area contributed by atoms with Crippen molar-refractivity contribution in [3.63, 3.8) is 0 Å². The number of benzene rings is 2. The van der Waals surface area contributed by atoms with E-state index in [1.807, 2.05) is 36.4 Å². The minimum atomic E-state index is -0.564. The van der Waals surface area contributed by atoms with Gasteiger partial charge in [-0.05, 0) is 55.2 Å². The smallest absolute Gasteiger partial charge is 0.242 e. The van der Waals surface area contributed by atoms with Gasteiger partial charge in [-0.1, -0.05) is 54.2 Å². The second-order valence-corrected chi connectivity index (χ2v) is 10.1. The summed E-state index contributed by atoms with van der Waals surface area (Å²) in [6.45, 7) is 2.16. The Morgan fingerprint density at radius 1 is 1.09 bits per heavy atom. The van der Waals surface area contributed by atoms with E-state index in [9.17, 15) is 9.59 Å². The normalized spacial score (nSPS) is 14.7. The fraction of sp³-hybridized carbons (Fsp3) is 0.440. The summed E-state index contributed by atoms with van der Waals surface area (Å²) in [6.07, 6.45) is 4.28. The first-order chi connectivity index (χ1) is 15.9. The van der Waals surface area contributed by atoms with Gasteiger partial charge >= 0.3 is 0 Å². The summed E-state index contributed by atoms with van der Waals surface area (Å²) < 4.78 is 5.23. The van der Waals surface area contributed by atoms with E-state index >= 15 is 0 Å². The minimum absolute atomic E-state index is 0.0787. The molecule has 8 heteroatoms. The Hall–Kier alpha value is -1.89. The Kier molecular flexibility index (Phi) is 9.78. The molecule has 178 valence electrons. The fourth-order valence-electron chi connectivity index (χ4n) is 3.87. The highest BCUT2D eigenvalue weighted by Gasteiger charge is 2.28. The van der Waals surface area contributed by atoms with E-state index in [0.717, 1.165) is 42.6 Å². The van der Waals surface area contributed by atoms with Gasteiger partial charge in [0.25, 0.3) is 0 Å². The molecule has 1 aliphatic rings. The van der Waals surface area contributed by atoms with Crippen LogP contribution in [0.25, 0.3) is 0 Å². The molecule has 2 aromatic carbocycles. The molecule has 5 nitrogen and oxygen atoms in total. The van der Waals surface area contributed by atoms with Gasteiger partial charge in [0.15, 0.2) is 0 Å². The van der Waals surface area contributed by atoms with Crippen molar-refractivity contribution in [1.29, 1.82) is 0 Å². The van der Waals surface area contributed by atoms with Crippen molar-refractivity contribution in [3.8, 4) is 5.75 Å². The number of amides is 2. The highest BCUT2D eigenvalue weighted by Crippen LogP contribution is 2.25. The van der Waals surface area contributed by atoms with E-state index in [1.54, 1.807) is 25.0 Å². The van der Waals surface area contributed by atoms with Gasteiger partial charge < -0.3 is 15.0 Å². The number of rotatable bonds is 10. The van der Waals surface area contributed by atoms with Gasteiger partial charge in [-0.2, -0.15) is 0 Å². The number of carbonyl (C=O) groups is 2. The maximum absolute atomic E-state index is 13.2. The van der Waals surface area contributed by atoms with Crippen molar-refractivity contribution in [3.05, 3.63) is 63.6 Å². The lowest BCUT2D eigenvalue weighted by Crippen LogP contribution is -2.50. The number of nitrogens with zero attached hydrogens (tertiary/aromatic N) is 1. The zero-order valence-electron chi connectivity index (χ0n) is 19.0. The Bertz CT molecular complexity index is 949. The zero-order chi connectivity index (χ0) is 23.8. The van der Waals surface area contributed by atoms with Gasteiger partial charge in [0.1, 0.15) is 11.8 Å². The van der Waals surface area contributed by atoms with Crippen LogP contribution >= 0.6 is 35.0 Å². The van der Waals surface area contributed by atoms with E-state index < -0.39 is 6.04 Å². The van der Waals surface area contributed by atoms with Crippen molar-refractivity contribution in [1.82, 2.24) is 10.2 Å². The van der Waals surface area contributed by atoms with Crippen molar-refractivity contribution in [2.45, 2.75) is 57.0 Å². The molecular formula is C25H30Cl2N2O3S. The molecule has 33 heavy (non-hydrogen) atoms. The molecule has 0 spiro atoms. The van der Waals surface area contributed by atoms with Crippen LogP contribution in [-0.2, 0) is 21.9 Å². The molecule has 3 rings (SSSR count). The van der Waals surface area contributed by atoms with Crippen molar-refractivity contribution < 1.29 is 14.3 Å². The molecule has 2 amide bonds. The van der Waals surface area contributed by atoms with E-state index in [-0.39, 0.29) is 23.6 Å². The van der Waals surface area contributed by atoms with Crippen LogP contribution in [0.4, 0.5) is 0 Å². The largest absolute Gasteiger partial charge is 0.497 e. The number of methoxy groups -OCH3 is 1. The lowest BCUT2D eigenvalue weighted by Gasteiger charge is -2.29. The molecule has 0 bridgehead atoms. The van der Waals surface area contributed by atoms with Crippen LogP contribution in [0, 0.1) is 0 Å². The van der Waals surface area contributed by atoms with Gasteiger partial charge in [0, 0.05) is 18.3 Å². The van der Waals surface area contributed by atoms with Crippen molar-refractivity contribution >= 4 is 46.8 Å². The molecule has 1 aliphatic carbocycles. The molecule has 0 aromatic heterocycles. The van der Waals surface area contributed by atoms with Crippen LogP contribution in [-0.4, -0.2) is 41.7 Å². The number of halogens is 2. The second kappa shape index (κ2) is 12.5. The standard InChI is InChI=1S/C25H30Cl2N2O3S/c1-17(25(31)28-20-5-3-4-6-20)29(14-18-7-10-21(32-2)11-8-18)24(30)16-33-15-19-9-12-22(26)23(27)13-19/h7-13,17,20H,3-6,14-16H2,1-2H3,(H,28,31)/t17-/m0/s1. The second-order valence-electron chi connectivity index (χ2n) is 8.28. The minimum Gasteiger partial charge on any atom is -0.497 e. The fourth-order valence-corrected chi connectivity index (χ4v) is 5.05. The molecular weight excluding hydrogens is 479 g/mol. The number of thioether (sulfide) groups is 1. The van der Waals surface area contributed by atoms with Crippen LogP contribution in [0.15, 0.2) is 42.5 Å². The summed E-state index contributed by atoms with van der Waals surface area (Å²) in [5.41, 5.74) is 1.94. The maximum atomic E-state index is 13.2. The molecule has 0 saturated heterocycles. The van der Waals surface area contributed by atoms with E-state index in [2.05, 4.69) is 5.32 Å². The molecule has 0 unspecified atom stereocenters. The third-order valence-electron chi connectivity index (χ3n) is 5.86. The third-order valence-corrected chi connectivity index (χ3v) is 7.59. The molecule has 1 fully saturated rings. The summed E-state index contributed by atoms with van der Waals surface area (Å²) in [5, 5.41) is 4.13. The molecule has 0 aliphatic heterocycles. The number of hydrogen-bond donors (Lipinski definition) is 1. The topological polar surface area (TPSA) is 58.6 Å². The number of nitrogens with one attached hydrogen (secondary N) is 1. The SMILES string of the molecule is COc1ccc(CN(C(=O)CSCc2ccc(Cl)c(Cl)c2)[C@@H](C)C(=O)NC2CCCC2)cc1. The Labute approximate surface area is 210 Å². The highest BCUT2D eigenvalue weighted by molar-refractivity contribution is 7.99.